The van der Waals surface area contributed by atoms with Gasteiger partial charge in [-0.2, -0.15) is 0 Å². The molecule has 3 heterocycles. The summed E-state index contributed by atoms with van der Waals surface area (Å²) in [5, 5.41) is 13.4. The van der Waals surface area contributed by atoms with E-state index in [9.17, 15) is 19.5 Å². The van der Waals surface area contributed by atoms with Crippen molar-refractivity contribution in [1.82, 2.24) is 10.2 Å². The molecule has 6 atom stereocenters. The normalized spacial score (nSPS) is 32.5. The molecule has 8 nitrogen and oxygen atoms in total. The lowest BCUT2D eigenvalue weighted by molar-refractivity contribution is -0.160. The predicted molar refractivity (Wildman–Crippen MR) is 125 cm³/mol. The highest BCUT2D eigenvalue weighted by Gasteiger charge is 2.78. The molecule has 4 rings (SSSR count). The lowest BCUT2D eigenvalue weighted by atomic mass is 9.66. The van der Waals surface area contributed by atoms with Gasteiger partial charge >= 0.3 is 5.97 Å². The number of ether oxygens (including phenoxy) is 2. The highest BCUT2D eigenvalue weighted by Crippen LogP contribution is 2.64. The average Bonchev–Trinajstić information content (AvgIpc) is 3.39. The minimum Gasteiger partial charge on any atom is -0.466 e. The van der Waals surface area contributed by atoms with Gasteiger partial charge in [-0.25, -0.2) is 0 Å². The lowest BCUT2D eigenvalue weighted by Gasteiger charge is -2.37. The number of unbranched alkanes of at least 4 members (excludes halogenated alkanes) is 2. The van der Waals surface area contributed by atoms with Crippen molar-refractivity contribution in [2.24, 2.45) is 11.8 Å². The summed E-state index contributed by atoms with van der Waals surface area (Å²) in [5.41, 5.74) is -1.26. The molecule has 1 aromatic rings. The molecule has 2 unspecified atom stereocenters. The summed E-state index contributed by atoms with van der Waals surface area (Å²) in [6.45, 7) is 6.02. The van der Waals surface area contributed by atoms with Crippen LogP contribution in [0.3, 0.4) is 0 Å². The van der Waals surface area contributed by atoms with Gasteiger partial charge in [-0.3, -0.25) is 14.4 Å². The number of likely N-dealkylation sites (tertiary alicyclic amines) is 1. The van der Waals surface area contributed by atoms with Gasteiger partial charge in [0.05, 0.1) is 30.8 Å². The maximum Gasteiger partial charge on any atom is 0.312 e. The first-order valence-electron chi connectivity index (χ1n) is 12.5. The maximum absolute atomic E-state index is 14.0. The van der Waals surface area contributed by atoms with Gasteiger partial charge in [0, 0.05) is 6.54 Å². The number of fused-ring (bicyclic) bond motifs is 1. The van der Waals surface area contributed by atoms with Crippen molar-refractivity contribution in [3.8, 4) is 0 Å². The van der Waals surface area contributed by atoms with E-state index in [4.69, 9.17) is 9.47 Å². The summed E-state index contributed by atoms with van der Waals surface area (Å²) in [6, 6.07) is 7.53. The molecule has 186 valence electrons. The number of hydrogen-bond acceptors (Lipinski definition) is 6. The third-order valence-corrected chi connectivity index (χ3v) is 7.78. The van der Waals surface area contributed by atoms with Gasteiger partial charge in [-0.15, -0.1) is 0 Å². The molecule has 3 aliphatic rings. The summed E-state index contributed by atoms with van der Waals surface area (Å²) in [7, 11) is 0. The third-order valence-electron chi connectivity index (χ3n) is 7.78. The topological polar surface area (TPSA) is 105 Å². The molecule has 1 spiro atoms. The van der Waals surface area contributed by atoms with E-state index in [2.05, 4.69) is 12.2 Å². The van der Waals surface area contributed by atoms with Gasteiger partial charge in [0.15, 0.2) is 0 Å². The van der Waals surface area contributed by atoms with Crippen LogP contribution in [-0.2, 0) is 23.9 Å². The van der Waals surface area contributed by atoms with Crippen LogP contribution in [0.2, 0.25) is 0 Å². The molecule has 3 saturated heterocycles. The molecular formula is C26H36N2O6. The van der Waals surface area contributed by atoms with Crippen molar-refractivity contribution in [2.45, 2.75) is 76.2 Å². The molecule has 3 aliphatic heterocycles. The summed E-state index contributed by atoms with van der Waals surface area (Å²) >= 11 is 0. The second kappa shape index (κ2) is 9.66. The molecule has 1 aromatic carbocycles. The number of hydrogen-bond donors (Lipinski definition) is 2. The SMILES string of the molecule is CCCCCNC(=O)C1N([C@H](CO)c2ccccc2)C(=O)[C@@H]2[C@@H](C(=O)OCC)[C@@]3(C)CCC12O3. The number of esters is 1. The van der Waals surface area contributed by atoms with Crippen LogP contribution in [0, 0.1) is 11.8 Å². The van der Waals surface area contributed by atoms with E-state index in [1.165, 1.54) is 4.90 Å². The number of nitrogens with zero attached hydrogens (tertiary/aromatic N) is 1. The monoisotopic (exact) mass is 472 g/mol. The number of aliphatic hydroxyl groups is 1. The Morgan fingerprint density at radius 3 is 2.62 bits per heavy atom. The van der Waals surface area contributed by atoms with Crippen molar-refractivity contribution in [3.63, 3.8) is 0 Å². The fourth-order valence-corrected chi connectivity index (χ4v) is 6.30. The molecular weight excluding hydrogens is 436 g/mol. The molecule has 2 amide bonds. The molecule has 8 heteroatoms. The van der Waals surface area contributed by atoms with Crippen molar-refractivity contribution in [1.29, 1.82) is 0 Å². The first-order valence-corrected chi connectivity index (χ1v) is 12.5. The van der Waals surface area contributed by atoms with E-state index < -0.39 is 41.1 Å². The van der Waals surface area contributed by atoms with Crippen LogP contribution in [-0.4, -0.2) is 64.8 Å². The number of nitrogens with one attached hydrogen (secondary N) is 1. The van der Waals surface area contributed by atoms with Gasteiger partial charge < -0.3 is 24.8 Å². The Balaban J connectivity index is 1.76. The van der Waals surface area contributed by atoms with Crippen LogP contribution >= 0.6 is 0 Å². The predicted octanol–water partition coefficient (Wildman–Crippen LogP) is 2.35. The van der Waals surface area contributed by atoms with Gasteiger partial charge in [0.1, 0.15) is 17.6 Å². The second-order valence-electron chi connectivity index (χ2n) is 9.83. The first kappa shape index (κ1) is 24.7. The fourth-order valence-electron chi connectivity index (χ4n) is 6.30. The third kappa shape index (κ3) is 3.81. The summed E-state index contributed by atoms with van der Waals surface area (Å²) < 4.78 is 11.9. The van der Waals surface area contributed by atoms with Crippen LogP contribution in [0.5, 0.6) is 0 Å². The summed E-state index contributed by atoms with van der Waals surface area (Å²) in [4.78, 5) is 42.2. The zero-order chi connectivity index (χ0) is 24.5. The Morgan fingerprint density at radius 2 is 1.97 bits per heavy atom. The number of benzene rings is 1. The Morgan fingerprint density at radius 1 is 1.24 bits per heavy atom. The van der Waals surface area contributed by atoms with E-state index in [0.717, 1.165) is 24.8 Å². The van der Waals surface area contributed by atoms with E-state index in [-0.39, 0.29) is 25.0 Å². The zero-order valence-electron chi connectivity index (χ0n) is 20.3. The Labute approximate surface area is 201 Å². The van der Waals surface area contributed by atoms with Crippen LogP contribution in [0.1, 0.15) is 64.5 Å². The molecule has 3 fully saturated rings. The number of aliphatic hydroxyl groups excluding tert-OH is 1. The molecule has 2 N–H and O–H groups in total. The van der Waals surface area contributed by atoms with E-state index >= 15 is 0 Å². The summed E-state index contributed by atoms with van der Waals surface area (Å²) in [5.74, 6) is -2.71. The van der Waals surface area contributed by atoms with Crippen LogP contribution < -0.4 is 5.32 Å². The average molecular weight is 473 g/mol. The largest absolute Gasteiger partial charge is 0.466 e. The molecule has 0 aromatic heterocycles. The lowest BCUT2D eigenvalue weighted by Crippen LogP contribution is -2.56. The molecule has 0 aliphatic carbocycles. The van der Waals surface area contributed by atoms with Crippen molar-refractivity contribution < 1.29 is 29.0 Å². The standard InChI is InChI=1S/C26H36N2O6/c1-4-6-10-15-27-22(30)21-26-14-13-25(3,34-26)20(24(32)33-5-2)19(26)23(31)28(21)18(16-29)17-11-8-7-9-12-17/h7-9,11-12,18-21,29H,4-6,10,13-16H2,1-3H3,(H,27,30)/t18-,19+,20+,21?,25-,26?/m1/s1. The fraction of sp³-hybridized carbons (Fsp3) is 0.654. The number of amides is 2. The maximum atomic E-state index is 14.0. The minimum absolute atomic E-state index is 0.202. The number of rotatable bonds is 10. The Kier molecular flexibility index (Phi) is 7.01. The van der Waals surface area contributed by atoms with E-state index in [1.807, 2.05) is 37.3 Å². The molecule has 34 heavy (non-hydrogen) atoms. The van der Waals surface area contributed by atoms with Crippen molar-refractivity contribution in [2.75, 3.05) is 19.8 Å². The quantitative estimate of drug-likeness (QED) is 0.400. The smallest absolute Gasteiger partial charge is 0.312 e. The first-order chi connectivity index (χ1) is 16.3. The zero-order valence-corrected chi connectivity index (χ0v) is 20.3. The summed E-state index contributed by atoms with van der Waals surface area (Å²) in [6.07, 6.45) is 3.91. The van der Waals surface area contributed by atoms with Crippen LogP contribution in [0.4, 0.5) is 0 Å². The number of carbonyl (C=O) groups is 3. The highest BCUT2D eigenvalue weighted by molar-refractivity contribution is 5.98. The Bertz CT molecular complexity index is 923. The molecule has 0 saturated carbocycles. The Hall–Kier alpha value is -2.45. The van der Waals surface area contributed by atoms with E-state index in [1.54, 1.807) is 6.92 Å². The van der Waals surface area contributed by atoms with Crippen LogP contribution in [0.25, 0.3) is 0 Å². The highest BCUT2D eigenvalue weighted by atomic mass is 16.6. The van der Waals surface area contributed by atoms with Crippen molar-refractivity contribution >= 4 is 17.8 Å². The van der Waals surface area contributed by atoms with E-state index in [0.29, 0.717) is 19.4 Å². The van der Waals surface area contributed by atoms with Crippen LogP contribution in [0.15, 0.2) is 30.3 Å². The minimum atomic E-state index is -1.12. The molecule has 2 bridgehead atoms. The second-order valence-corrected chi connectivity index (χ2v) is 9.83. The van der Waals surface area contributed by atoms with Gasteiger partial charge in [-0.05, 0) is 38.7 Å². The molecule has 0 radical (unpaired) electrons. The van der Waals surface area contributed by atoms with Gasteiger partial charge in [0.2, 0.25) is 11.8 Å². The van der Waals surface area contributed by atoms with Gasteiger partial charge in [0.25, 0.3) is 0 Å². The number of carbonyl (C=O) groups excluding carboxylic acids is 3. The van der Waals surface area contributed by atoms with Gasteiger partial charge in [-0.1, -0.05) is 50.1 Å². The van der Waals surface area contributed by atoms with Crippen molar-refractivity contribution in [3.05, 3.63) is 35.9 Å².